The Bertz CT molecular complexity index is 733. The summed E-state index contributed by atoms with van der Waals surface area (Å²) >= 11 is 0. The van der Waals surface area contributed by atoms with Crippen LogP contribution in [-0.2, 0) is 13.1 Å². The number of aryl methyl sites for hydroxylation is 1. The monoisotopic (exact) mass is 255 g/mol. The van der Waals surface area contributed by atoms with E-state index in [1.807, 2.05) is 37.3 Å². The van der Waals surface area contributed by atoms with Crippen LogP contribution in [0.2, 0.25) is 0 Å². The highest BCUT2D eigenvalue weighted by molar-refractivity contribution is 5.21. The first-order chi connectivity index (χ1) is 9.11. The van der Waals surface area contributed by atoms with Crippen molar-refractivity contribution in [2.24, 2.45) is 0 Å². The molecule has 2 rings (SSSR count). The molecule has 0 aliphatic carbocycles. The lowest BCUT2D eigenvalue weighted by atomic mass is 10.1. The second-order valence-electron chi connectivity index (χ2n) is 4.29. The molecule has 1 heterocycles. The molecule has 0 bridgehead atoms. The molecule has 0 saturated heterocycles. The van der Waals surface area contributed by atoms with E-state index >= 15 is 0 Å². The van der Waals surface area contributed by atoms with Crippen LogP contribution in [0.15, 0.2) is 46.1 Å². The van der Waals surface area contributed by atoms with Gasteiger partial charge in [-0.25, -0.2) is 4.79 Å². The summed E-state index contributed by atoms with van der Waals surface area (Å²) in [6, 6.07) is 10.8. The van der Waals surface area contributed by atoms with Gasteiger partial charge in [0.15, 0.2) is 0 Å². The summed E-state index contributed by atoms with van der Waals surface area (Å²) in [5, 5.41) is 8.63. The van der Waals surface area contributed by atoms with E-state index in [0.717, 1.165) is 15.7 Å². The van der Waals surface area contributed by atoms with Gasteiger partial charge < -0.3 is 0 Å². The van der Waals surface area contributed by atoms with Crippen LogP contribution < -0.4 is 11.2 Å². The predicted molar refractivity (Wildman–Crippen MR) is 70.9 cm³/mol. The highest BCUT2D eigenvalue weighted by Gasteiger charge is 2.05. The molecule has 1 aromatic carbocycles. The normalized spacial score (nSPS) is 10.1. The third kappa shape index (κ3) is 2.80. The molecule has 96 valence electrons. The molecule has 0 aliphatic heterocycles. The molecule has 0 fully saturated rings. The summed E-state index contributed by atoms with van der Waals surface area (Å²) < 4.78 is 2.34. The molecule has 19 heavy (non-hydrogen) atoms. The van der Waals surface area contributed by atoms with E-state index in [0.29, 0.717) is 0 Å². The molecular formula is C14H13N3O2. The number of aromatic nitrogens is 2. The van der Waals surface area contributed by atoms with Crippen LogP contribution in [0, 0.1) is 18.3 Å². The van der Waals surface area contributed by atoms with E-state index < -0.39 is 5.69 Å². The zero-order chi connectivity index (χ0) is 13.8. The topological polar surface area (TPSA) is 67.8 Å². The van der Waals surface area contributed by atoms with Gasteiger partial charge in [0.1, 0.15) is 6.54 Å². The van der Waals surface area contributed by atoms with Gasteiger partial charge in [-0.2, -0.15) is 5.26 Å². The fourth-order valence-electron chi connectivity index (χ4n) is 1.77. The third-order valence-corrected chi connectivity index (χ3v) is 2.84. The third-order valence-electron chi connectivity index (χ3n) is 2.84. The molecule has 5 nitrogen and oxygen atoms in total. The molecule has 1 aromatic heterocycles. The smallest absolute Gasteiger partial charge is 0.287 e. The Morgan fingerprint density at radius 2 is 1.84 bits per heavy atom. The highest BCUT2D eigenvalue weighted by Crippen LogP contribution is 2.03. The number of nitrogens with zero attached hydrogens (tertiary/aromatic N) is 3. The van der Waals surface area contributed by atoms with E-state index in [-0.39, 0.29) is 18.6 Å². The van der Waals surface area contributed by atoms with Crippen molar-refractivity contribution in [2.45, 2.75) is 20.0 Å². The lowest BCUT2D eigenvalue weighted by molar-refractivity contribution is 0.621. The van der Waals surface area contributed by atoms with Gasteiger partial charge >= 0.3 is 5.69 Å². The minimum absolute atomic E-state index is 0.0625. The molecule has 0 atom stereocenters. The Hall–Kier alpha value is -2.61. The standard InChI is InChI=1S/C14H13N3O2/c1-11-2-4-12(5-3-11)10-17-13(18)6-8-16(9-7-15)14(17)19/h2-6,8H,9-10H2,1H3. The van der Waals surface area contributed by atoms with Crippen molar-refractivity contribution in [3.63, 3.8) is 0 Å². The summed E-state index contributed by atoms with van der Waals surface area (Å²) in [6.07, 6.45) is 1.35. The van der Waals surface area contributed by atoms with Gasteiger partial charge in [0.25, 0.3) is 5.56 Å². The van der Waals surface area contributed by atoms with Crippen molar-refractivity contribution < 1.29 is 0 Å². The largest absolute Gasteiger partial charge is 0.332 e. The predicted octanol–water partition coefficient (Wildman–Crippen LogP) is 0.890. The Labute approximate surface area is 110 Å². The van der Waals surface area contributed by atoms with Crippen molar-refractivity contribution in [1.29, 1.82) is 5.26 Å². The van der Waals surface area contributed by atoms with Crippen LogP contribution in [0.5, 0.6) is 0 Å². The number of benzene rings is 1. The number of hydrogen-bond acceptors (Lipinski definition) is 3. The van der Waals surface area contributed by atoms with Crippen LogP contribution >= 0.6 is 0 Å². The number of nitriles is 1. The van der Waals surface area contributed by atoms with Gasteiger partial charge in [-0.3, -0.25) is 13.9 Å². The molecule has 0 N–H and O–H groups in total. The number of rotatable bonds is 3. The van der Waals surface area contributed by atoms with Crippen molar-refractivity contribution >= 4 is 0 Å². The Morgan fingerprint density at radius 1 is 1.16 bits per heavy atom. The molecule has 0 aliphatic rings. The summed E-state index contributed by atoms with van der Waals surface area (Å²) in [4.78, 5) is 23.8. The van der Waals surface area contributed by atoms with Crippen molar-refractivity contribution in [3.05, 3.63) is 68.5 Å². The average Bonchev–Trinajstić information content (AvgIpc) is 2.40. The average molecular weight is 255 g/mol. The van der Waals surface area contributed by atoms with E-state index in [9.17, 15) is 9.59 Å². The van der Waals surface area contributed by atoms with Gasteiger partial charge in [-0.1, -0.05) is 29.8 Å². The van der Waals surface area contributed by atoms with Gasteiger partial charge in [0, 0.05) is 12.3 Å². The molecule has 5 heteroatoms. The summed E-state index contributed by atoms with van der Waals surface area (Å²) in [6.45, 7) is 2.12. The minimum atomic E-state index is -0.463. The van der Waals surface area contributed by atoms with Crippen LogP contribution in [0.4, 0.5) is 0 Å². The summed E-state index contributed by atoms with van der Waals surface area (Å²) in [5.41, 5.74) is 1.17. The maximum atomic E-state index is 12.0. The summed E-state index contributed by atoms with van der Waals surface area (Å²) in [7, 11) is 0. The maximum absolute atomic E-state index is 12.0. The van der Waals surface area contributed by atoms with Gasteiger partial charge in [0.2, 0.25) is 0 Å². The second kappa shape index (κ2) is 5.36. The zero-order valence-electron chi connectivity index (χ0n) is 10.5. The van der Waals surface area contributed by atoms with E-state index in [1.165, 1.54) is 16.8 Å². The second-order valence-corrected chi connectivity index (χ2v) is 4.29. The SMILES string of the molecule is Cc1ccc(Cn2c(=O)ccn(CC#N)c2=O)cc1. The summed E-state index contributed by atoms with van der Waals surface area (Å²) in [5.74, 6) is 0. The molecule has 0 spiro atoms. The Balaban J connectivity index is 2.42. The van der Waals surface area contributed by atoms with Gasteiger partial charge in [-0.15, -0.1) is 0 Å². The first-order valence-corrected chi connectivity index (χ1v) is 5.84. The molecule has 0 saturated carbocycles. The molecule has 2 aromatic rings. The zero-order valence-corrected chi connectivity index (χ0v) is 10.5. The van der Waals surface area contributed by atoms with Crippen molar-refractivity contribution in [2.75, 3.05) is 0 Å². The fraction of sp³-hybridized carbons (Fsp3) is 0.214. The van der Waals surface area contributed by atoms with Crippen LogP contribution in [0.3, 0.4) is 0 Å². The molecular weight excluding hydrogens is 242 g/mol. The van der Waals surface area contributed by atoms with Crippen LogP contribution in [-0.4, -0.2) is 9.13 Å². The minimum Gasteiger partial charge on any atom is -0.287 e. The molecule has 0 amide bonds. The van der Waals surface area contributed by atoms with Gasteiger partial charge in [-0.05, 0) is 12.5 Å². The van der Waals surface area contributed by atoms with Crippen molar-refractivity contribution in [1.82, 2.24) is 9.13 Å². The Morgan fingerprint density at radius 3 is 2.47 bits per heavy atom. The lowest BCUT2D eigenvalue weighted by Gasteiger charge is -2.07. The maximum Gasteiger partial charge on any atom is 0.332 e. The van der Waals surface area contributed by atoms with Crippen LogP contribution in [0.1, 0.15) is 11.1 Å². The van der Waals surface area contributed by atoms with E-state index in [4.69, 9.17) is 5.26 Å². The van der Waals surface area contributed by atoms with Crippen molar-refractivity contribution in [3.8, 4) is 6.07 Å². The number of hydrogen-bond donors (Lipinski definition) is 0. The van der Waals surface area contributed by atoms with E-state index in [1.54, 1.807) is 0 Å². The van der Waals surface area contributed by atoms with Gasteiger partial charge in [0.05, 0.1) is 12.6 Å². The van der Waals surface area contributed by atoms with E-state index in [2.05, 4.69) is 0 Å². The first-order valence-electron chi connectivity index (χ1n) is 5.84. The molecule has 0 unspecified atom stereocenters. The Kier molecular flexibility index (Phi) is 3.62. The lowest BCUT2D eigenvalue weighted by Crippen LogP contribution is -2.39. The quantitative estimate of drug-likeness (QED) is 0.818. The van der Waals surface area contributed by atoms with Crippen LogP contribution in [0.25, 0.3) is 0 Å². The highest BCUT2D eigenvalue weighted by atomic mass is 16.2. The fourth-order valence-corrected chi connectivity index (χ4v) is 1.77. The first kappa shape index (κ1) is 12.8. The molecule has 0 radical (unpaired) electrons.